The second-order valence-corrected chi connectivity index (χ2v) is 4.36. The Balaban J connectivity index is 2.48. The number of carbonyl (C=O) groups is 2. The third kappa shape index (κ3) is 2.64. The number of phenolic OH excluding ortho intramolecular Hbond substituents is 2. The lowest BCUT2D eigenvalue weighted by atomic mass is 10.1. The third-order valence-electron chi connectivity index (χ3n) is 3.03. The van der Waals surface area contributed by atoms with Crippen molar-refractivity contribution in [2.45, 2.75) is 0 Å². The largest absolute Gasteiger partial charge is 0.507 e. The monoisotopic (exact) mass is 287 g/mol. The Kier molecular flexibility index (Phi) is 3.80. The number of aromatic carboxylic acids is 1. The number of phenols is 2. The van der Waals surface area contributed by atoms with Gasteiger partial charge in [0, 0.05) is 7.05 Å². The highest BCUT2D eigenvalue weighted by Gasteiger charge is 2.23. The lowest BCUT2D eigenvalue weighted by molar-refractivity contribution is 0.0697. The van der Waals surface area contributed by atoms with E-state index in [1.165, 1.54) is 37.4 Å². The normalized spacial score (nSPS) is 10.1. The van der Waals surface area contributed by atoms with Gasteiger partial charge in [0.05, 0.1) is 11.3 Å². The third-order valence-corrected chi connectivity index (χ3v) is 3.03. The minimum absolute atomic E-state index is 0.0525. The Morgan fingerprint density at radius 2 is 1.52 bits per heavy atom. The molecule has 0 saturated carbocycles. The number of hydrogen-bond donors (Lipinski definition) is 3. The number of amides is 1. The fraction of sp³-hybridized carbons (Fsp3) is 0.0667. The summed E-state index contributed by atoms with van der Waals surface area (Å²) in [6, 6.07) is 9.91. The van der Waals surface area contributed by atoms with Crippen molar-refractivity contribution in [3.05, 3.63) is 53.6 Å². The van der Waals surface area contributed by atoms with Gasteiger partial charge in [0.1, 0.15) is 17.1 Å². The second-order valence-electron chi connectivity index (χ2n) is 4.36. The Morgan fingerprint density at radius 3 is 2.10 bits per heavy atom. The van der Waals surface area contributed by atoms with E-state index < -0.39 is 11.9 Å². The van der Waals surface area contributed by atoms with Crippen LogP contribution in [0.4, 0.5) is 5.69 Å². The molecule has 0 radical (unpaired) electrons. The Hall–Kier alpha value is -3.02. The number of hydrogen-bond acceptors (Lipinski definition) is 4. The number of carboxylic acids is 1. The molecule has 2 rings (SSSR count). The van der Waals surface area contributed by atoms with E-state index in [1.807, 2.05) is 0 Å². The van der Waals surface area contributed by atoms with Crippen LogP contribution in [0.2, 0.25) is 0 Å². The number of aromatic hydroxyl groups is 2. The number of benzene rings is 2. The fourth-order valence-electron chi connectivity index (χ4n) is 1.97. The predicted octanol–water partition coefficient (Wildman–Crippen LogP) is 2.07. The van der Waals surface area contributed by atoms with Gasteiger partial charge in [-0.3, -0.25) is 4.79 Å². The highest BCUT2D eigenvalue weighted by atomic mass is 16.4. The Morgan fingerprint density at radius 1 is 0.952 bits per heavy atom. The molecule has 0 aliphatic heterocycles. The maximum Gasteiger partial charge on any atom is 0.337 e. The number of carboxylic acid groups (broad SMARTS) is 1. The average molecular weight is 287 g/mol. The lowest BCUT2D eigenvalue weighted by Gasteiger charge is -2.20. The van der Waals surface area contributed by atoms with Crippen LogP contribution in [0.3, 0.4) is 0 Å². The van der Waals surface area contributed by atoms with Crippen LogP contribution in [-0.2, 0) is 0 Å². The summed E-state index contributed by atoms with van der Waals surface area (Å²) in [5.74, 6) is -2.63. The average Bonchev–Trinajstić information content (AvgIpc) is 2.46. The molecular weight excluding hydrogens is 274 g/mol. The molecule has 0 fully saturated rings. The van der Waals surface area contributed by atoms with Gasteiger partial charge in [0.2, 0.25) is 0 Å². The molecule has 0 unspecified atom stereocenters. The molecule has 6 nitrogen and oxygen atoms in total. The summed E-state index contributed by atoms with van der Waals surface area (Å²) in [7, 11) is 1.37. The van der Waals surface area contributed by atoms with Gasteiger partial charge in [-0.2, -0.15) is 0 Å². The van der Waals surface area contributed by atoms with E-state index in [0.717, 1.165) is 4.90 Å². The molecule has 0 bridgehead atoms. The molecule has 0 heterocycles. The minimum Gasteiger partial charge on any atom is -0.507 e. The second kappa shape index (κ2) is 5.54. The van der Waals surface area contributed by atoms with E-state index in [2.05, 4.69) is 0 Å². The van der Waals surface area contributed by atoms with E-state index in [9.17, 15) is 19.8 Å². The topological polar surface area (TPSA) is 98.1 Å². The molecule has 0 saturated heterocycles. The highest BCUT2D eigenvalue weighted by Crippen LogP contribution is 2.30. The van der Waals surface area contributed by atoms with Crippen molar-refractivity contribution in [3.63, 3.8) is 0 Å². The molecule has 6 heteroatoms. The summed E-state index contributed by atoms with van der Waals surface area (Å²) >= 11 is 0. The van der Waals surface area contributed by atoms with Crippen LogP contribution in [0.1, 0.15) is 20.7 Å². The molecule has 0 aromatic heterocycles. The molecular formula is C15H13NO5. The van der Waals surface area contributed by atoms with Crippen LogP contribution in [0.5, 0.6) is 11.5 Å². The van der Waals surface area contributed by atoms with Crippen molar-refractivity contribution < 1.29 is 24.9 Å². The van der Waals surface area contributed by atoms with Gasteiger partial charge >= 0.3 is 5.97 Å². The fourth-order valence-corrected chi connectivity index (χ4v) is 1.97. The molecule has 2 aromatic carbocycles. The van der Waals surface area contributed by atoms with Crippen LogP contribution in [0.15, 0.2) is 42.5 Å². The maximum atomic E-state index is 12.4. The van der Waals surface area contributed by atoms with Crippen molar-refractivity contribution in [2.24, 2.45) is 0 Å². The van der Waals surface area contributed by atoms with Gasteiger partial charge in [-0.25, -0.2) is 4.79 Å². The molecule has 108 valence electrons. The summed E-state index contributed by atoms with van der Waals surface area (Å²) in [5.41, 5.74) is -0.166. The molecule has 0 spiro atoms. The summed E-state index contributed by atoms with van der Waals surface area (Å²) < 4.78 is 0. The zero-order chi connectivity index (χ0) is 15.6. The van der Waals surface area contributed by atoms with Gasteiger partial charge in [0.25, 0.3) is 5.91 Å². The lowest BCUT2D eigenvalue weighted by Crippen LogP contribution is -2.28. The van der Waals surface area contributed by atoms with Gasteiger partial charge in [0.15, 0.2) is 0 Å². The molecule has 2 aromatic rings. The van der Waals surface area contributed by atoms with Crippen molar-refractivity contribution >= 4 is 17.6 Å². The first kappa shape index (κ1) is 14.4. The van der Waals surface area contributed by atoms with Crippen LogP contribution in [0.25, 0.3) is 0 Å². The summed E-state index contributed by atoms with van der Waals surface area (Å²) in [6.07, 6.45) is 0. The maximum absolute atomic E-state index is 12.4. The van der Waals surface area contributed by atoms with E-state index in [1.54, 1.807) is 12.1 Å². The summed E-state index contributed by atoms with van der Waals surface area (Å²) in [6.45, 7) is 0. The molecule has 0 atom stereocenters. The van der Waals surface area contributed by atoms with Gasteiger partial charge in [-0.1, -0.05) is 18.2 Å². The quantitative estimate of drug-likeness (QED) is 0.802. The van der Waals surface area contributed by atoms with Gasteiger partial charge in [-0.05, 0) is 24.3 Å². The van der Waals surface area contributed by atoms with Crippen LogP contribution >= 0.6 is 0 Å². The molecule has 1 amide bonds. The van der Waals surface area contributed by atoms with Crippen molar-refractivity contribution in [3.8, 4) is 11.5 Å². The van der Waals surface area contributed by atoms with Crippen LogP contribution in [0, 0.1) is 0 Å². The predicted molar refractivity (Wildman–Crippen MR) is 75.9 cm³/mol. The van der Waals surface area contributed by atoms with E-state index >= 15 is 0 Å². The number of carbonyl (C=O) groups excluding carboxylic acids is 1. The first-order chi connectivity index (χ1) is 9.93. The SMILES string of the molecule is CN(C(=O)c1c(O)cccc1O)c1ccccc1C(=O)O. The minimum atomic E-state index is -1.17. The molecule has 21 heavy (non-hydrogen) atoms. The summed E-state index contributed by atoms with van der Waals surface area (Å²) in [5, 5.41) is 28.6. The number of nitrogens with zero attached hydrogens (tertiary/aromatic N) is 1. The zero-order valence-corrected chi connectivity index (χ0v) is 11.1. The van der Waals surface area contributed by atoms with Crippen LogP contribution in [-0.4, -0.2) is 34.2 Å². The smallest absolute Gasteiger partial charge is 0.337 e. The molecule has 0 aliphatic carbocycles. The number of rotatable bonds is 3. The van der Waals surface area contributed by atoms with Gasteiger partial charge in [-0.15, -0.1) is 0 Å². The van der Waals surface area contributed by atoms with E-state index in [0.29, 0.717) is 0 Å². The van der Waals surface area contributed by atoms with Gasteiger partial charge < -0.3 is 20.2 Å². The zero-order valence-electron chi connectivity index (χ0n) is 11.1. The Labute approximate surface area is 120 Å². The van der Waals surface area contributed by atoms with Crippen molar-refractivity contribution in [1.82, 2.24) is 0 Å². The van der Waals surface area contributed by atoms with Crippen LogP contribution < -0.4 is 4.90 Å². The van der Waals surface area contributed by atoms with Crippen molar-refractivity contribution in [1.29, 1.82) is 0 Å². The van der Waals surface area contributed by atoms with E-state index in [-0.39, 0.29) is 28.3 Å². The highest BCUT2D eigenvalue weighted by molar-refractivity contribution is 6.11. The standard InChI is InChI=1S/C15H13NO5/c1-16(10-6-3-2-5-9(10)15(20)21)14(19)13-11(17)7-4-8-12(13)18/h2-8,17-18H,1H3,(H,20,21). The Bertz CT molecular complexity index is 691. The van der Waals surface area contributed by atoms with E-state index in [4.69, 9.17) is 5.11 Å². The first-order valence-electron chi connectivity index (χ1n) is 6.04. The molecule has 3 N–H and O–H groups in total. The summed E-state index contributed by atoms with van der Waals surface area (Å²) in [4.78, 5) is 24.6. The number of para-hydroxylation sites is 1. The first-order valence-corrected chi connectivity index (χ1v) is 6.04. The number of anilines is 1. The van der Waals surface area contributed by atoms with Crippen molar-refractivity contribution in [2.75, 3.05) is 11.9 Å². The molecule has 0 aliphatic rings.